The summed E-state index contributed by atoms with van der Waals surface area (Å²) in [4.78, 5) is 29.3. The molecule has 0 bridgehead atoms. The number of hydrogen-bond donors (Lipinski definition) is 1. The molecule has 5 heteroatoms. The summed E-state index contributed by atoms with van der Waals surface area (Å²) in [6.45, 7) is 2.25. The number of hydrogen-bond acceptors (Lipinski definition) is 3. The number of carbonyl (C=O) groups is 2. The Bertz CT molecular complexity index is 1270. The Kier molecular flexibility index (Phi) is 7.58. The van der Waals surface area contributed by atoms with Crippen molar-refractivity contribution in [3.8, 4) is 5.75 Å². The number of aryl methyl sites for hydroxylation is 1. The predicted molar refractivity (Wildman–Crippen MR) is 138 cm³/mol. The lowest BCUT2D eigenvalue weighted by Gasteiger charge is -2.32. The average molecular weight is 465 g/mol. The van der Waals surface area contributed by atoms with Crippen LogP contribution in [0.25, 0.3) is 0 Å². The molecule has 4 aromatic rings. The molecule has 0 heterocycles. The Balaban J connectivity index is 1.79. The minimum atomic E-state index is -0.890. The average Bonchev–Trinajstić information content (AvgIpc) is 2.91. The molecule has 2 amide bonds. The molecule has 0 aromatic heterocycles. The fourth-order valence-electron chi connectivity index (χ4n) is 4.00. The monoisotopic (exact) mass is 464 g/mol. The molecular weight excluding hydrogens is 436 g/mol. The van der Waals surface area contributed by atoms with Gasteiger partial charge < -0.3 is 10.1 Å². The van der Waals surface area contributed by atoms with Gasteiger partial charge in [-0.2, -0.15) is 0 Å². The zero-order chi connectivity index (χ0) is 24.6. The molecule has 5 nitrogen and oxygen atoms in total. The number of rotatable bonds is 8. The number of methoxy groups -OCH3 is 1. The molecule has 0 aliphatic rings. The topological polar surface area (TPSA) is 58.6 Å². The second-order valence-corrected chi connectivity index (χ2v) is 8.20. The van der Waals surface area contributed by atoms with Crippen molar-refractivity contribution in [2.75, 3.05) is 12.0 Å². The SMILES string of the molecule is COc1ccc(C(C(=O)NCc2ccccc2)N(C(=O)c2ccccc2C)c2ccccc2)cc1. The third kappa shape index (κ3) is 5.58. The lowest BCUT2D eigenvalue weighted by molar-refractivity contribution is -0.122. The highest BCUT2D eigenvalue weighted by molar-refractivity contribution is 6.10. The maximum Gasteiger partial charge on any atom is 0.259 e. The number of benzene rings is 4. The molecule has 0 aliphatic carbocycles. The van der Waals surface area contributed by atoms with Crippen LogP contribution in [0.4, 0.5) is 5.69 Å². The summed E-state index contributed by atoms with van der Waals surface area (Å²) < 4.78 is 5.31. The summed E-state index contributed by atoms with van der Waals surface area (Å²) in [5.74, 6) is 0.156. The van der Waals surface area contributed by atoms with Crippen LogP contribution in [0.5, 0.6) is 5.75 Å². The third-order valence-electron chi connectivity index (χ3n) is 5.88. The number of anilines is 1. The summed E-state index contributed by atoms with van der Waals surface area (Å²) in [6, 6.07) is 32.8. The summed E-state index contributed by atoms with van der Waals surface area (Å²) in [5.41, 5.74) is 3.69. The maximum atomic E-state index is 14.0. The molecule has 4 aromatic carbocycles. The Morgan fingerprint density at radius 3 is 2.03 bits per heavy atom. The van der Waals surface area contributed by atoms with Gasteiger partial charge in [-0.05, 0) is 53.9 Å². The largest absolute Gasteiger partial charge is 0.497 e. The first-order valence-corrected chi connectivity index (χ1v) is 11.5. The molecule has 0 saturated heterocycles. The van der Waals surface area contributed by atoms with Gasteiger partial charge >= 0.3 is 0 Å². The van der Waals surface area contributed by atoms with E-state index in [4.69, 9.17) is 4.74 Å². The van der Waals surface area contributed by atoms with E-state index in [0.29, 0.717) is 29.1 Å². The van der Waals surface area contributed by atoms with Crippen molar-refractivity contribution in [3.05, 3.63) is 131 Å². The van der Waals surface area contributed by atoms with Gasteiger partial charge in [0.05, 0.1) is 7.11 Å². The van der Waals surface area contributed by atoms with E-state index in [1.807, 2.05) is 97.9 Å². The molecule has 0 aliphatic heterocycles. The Hall–Kier alpha value is -4.38. The predicted octanol–water partition coefficient (Wildman–Crippen LogP) is 5.71. The van der Waals surface area contributed by atoms with Crippen LogP contribution in [0.2, 0.25) is 0 Å². The normalized spacial score (nSPS) is 11.4. The quantitative estimate of drug-likeness (QED) is 0.363. The zero-order valence-corrected chi connectivity index (χ0v) is 19.8. The fourth-order valence-corrected chi connectivity index (χ4v) is 4.00. The van der Waals surface area contributed by atoms with E-state index in [2.05, 4.69) is 5.32 Å². The molecule has 1 N–H and O–H groups in total. The molecular formula is C30H28N2O3. The maximum absolute atomic E-state index is 14.0. The minimum Gasteiger partial charge on any atom is -0.497 e. The van der Waals surface area contributed by atoms with Crippen molar-refractivity contribution in [3.63, 3.8) is 0 Å². The molecule has 0 spiro atoms. The number of amides is 2. The Labute approximate surface area is 206 Å². The van der Waals surface area contributed by atoms with Gasteiger partial charge in [0.25, 0.3) is 5.91 Å². The van der Waals surface area contributed by atoms with Crippen LogP contribution in [-0.2, 0) is 11.3 Å². The first-order valence-electron chi connectivity index (χ1n) is 11.5. The van der Waals surface area contributed by atoms with E-state index in [9.17, 15) is 9.59 Å². The van der Waals surface area contributed by atoms with Crippen LogP contribution < -0.4 is 15.0 Å². The van der Waals surface area contributed by atoms with Crippen molar-refractivity contribution in [2.45, 2.75) is 19.5 Å². The molecule has 1 atom stereocenters. The Morgan fingerprint density at radius 2 is 1.40 bits per heavy atom. The molecule has 0 radical (unpaired) electrons. The smallest absolute Gasteiger partial charge is 0.259 e. The van der Waals surface area contributed by atoms with Gasteiger partial charge in [-0.3, -0.25) is 14.5 Å². The van der Waals surface area contributed by atoms with Crippen molar-refractivity contribution in [1.82, 2.24) is 5.32 Å². The number of nitrogens with zero attached hydrogens (tertiary/aromatic N) is 1. The van der Waals surface area contributed by atoms with Gasteiger partial charge in [-0.15, -0.1) is 0 Å². The number of ether oxygens (including phenoxy) is 1. The third-order valence-corrected chi connectivity index (χ3v) is 5.88. The van der Waals surface area contributed by atoms with Gasteiger partial charge in [0, 0.05) is 17.8 Å². The van der Waals surface area contributed by atoms with E-state index in [-0.39, 0.29) is 11.8 Å². The van der Waals surface area contributed by atoms with Crippen LogP contribution >= 0.6 is 0 Å². The van der Waals surface area contributed by atoms with Crippen LogP contribution in [0.3, 0.4) is 0 Å². The van der Waals surface area contributed by atoms with Crippen LogP contribution in [0.15, 0.2) is 109 Å². The molecule has 0 saturated carbocycles. The van der Waals surface area contributed by atoms with Crippen molar-refractivity contribution in [1.29, 1.82) is 0 Å². The van der Waals surface area contributed by atoms with E-state index in [1.54, 1.807) is 30.2 Å². The molecule has 1 unspecified atom stereocenters. The first-order chi connectivity index (χ1) is 17.1. The van der Waals surface area contributed by atoms with Gasteiger partial charge in [0.2, 0.25) is 5.91 Å². The number of carbonyl (C=O) groups excluding carboxylic acids is 2. The second kappa shape index (κ2) is 11.2. The van der Waals surface area contributed by atoms with Gasteiger partial charge in [0.1, 0.15) is 11.8 Å². The number of para-hydroxylation sites is 1. The first kappa shape index (κ1) is 23.8. The van der Waals surface area contributed by atoms with E-state index in [1.165, 1.54) is 0 Å². The van der Waals surface area contributed by atoms with Crippen molar-refractivity contribution >= 4 is 17.5 Å². The van der Waals surface area contributed by atoms with Gasteiger partial charge in [-0.1, -0.05) is 78.9 Å². The molecule has 0 fully saturated rings. The van der Waals surface area contributed by atoms with Crippen molar-refractivity contribution in [2.24, 2.45) is 0 Å². The van der Waals surface area contributed by atoms with Crippen LogP contribution in [0.1, 0.15) is 33.1 Å². The van der Waals surface area contributed by atoms with E-state index < -0.39 is 6.04 Å². The highest BCUT2D eigenvalue weighted by Crippen LogP contribution is 2.31. The highest BCUT2D eigenvalue weighted by Gasteiger charge is 2.33. The van der Waals surface area contributed by atoms with E-state index in [0.717, 1.165) is 11.1 Å². The second-order valence-electron chi connectivity index (χ2n) is 8.20. The molecule has 35 heavy (non-hydrogen) atoms. The Morgan fingerprint density at radius 1 is 0.800 bits per heavy atom. The summed E-state index contributed by atoms with van der Waals surface area (Å²) >= 11 is 0. The lowest BCUT2D eigenvalue weighted by Crippen LogP contribution is -2.44. The standard InChI is InChI=1S/C30H28N2O3/c1-22-11-9-10-16-27(22)30(34)32(25-14-7-4-8-15-25)28(24-17-19-26(35-2)20-18-24)29(33)31-21-23-12-5-3-6-13-23/h3-20,28H,21H2,1-2H3,(H,31,33). The van der Waals surface area contributed by atoms with Gasteiger partial charge in [0.15, 0.2) is 0 Å². The van der Waals surface area contributed by atoms with Crippen LogP contribution in [-0.4, -0.2) is 18.9 Å². The van der Waals surface area contributed by atoms with Crippen LogP contribution in [0, 0.1) is 6.92 Å². The summed E-state index contributed by atoms with van der Waals surface area (Å²) in [7, 11) is 1.59. The molecule has 4 rings (SSSR count). The fraction of sp³-hybridized carbons (Fsp3) is 0.133. The summed E-state index contributed by atoms with van der Waals surface area (Å²) in [5, 5.41) is 3.03. The number of nitrogens with one attached hydrogen (secondary N) is 1. The lowest BCUT2D eigenvalue weighted by atomic mass is 10.00. The summed E-state index contributed by atoms with van der Waals surface area (Å²) in [6.07, 6.45) is 0. The van der Waals surface area contributed by atoms with E-state index >= 15 is 0 Å². The van der Waals surface area contributed by atoms with Gasteiger partial charge in [-0.25, -0.2) is 0 Å². The van der Waals surface area contributed by atoms with Crippen molar-refractivity contribution < 1.29 is 14.3 Å². The molecule has 176 valence electrons. The zero-order valence-electron chi connectivity index (χ0n) is 19.8. The highest BCUT2D eigenvalue weighted by atomic mass is 16.5. The minimum absolute atomic E-state index is 0.245.